The zero-order valence-corrected chi connectivity index (χ0v) is 19.0. The Kier molecular flexibility index (Phi) is 11.1. The number of aliphatic hydroxyl groups is 1. The van der Waals surface area contributed by atoms with E-state index in [9.17, 15) is 9.90 Å². The molecule has 0 saturated carbocycles. The van der Waals surface area contributed by atoms with Gasteiger partial charge in [-0.1, -0.05) is 19.1 Å². The number of benzene rings is 1. The van der Waals surface area contributed by atoms with E-state index < -0.39 is 6.10 Å². The fourth-order valence-electron chi connectivity index (χ4n) is 3.43. The Labute approximate surface area is 185 Å². The summed E-state index contributed by atoms with van der Waals surface area (Å²) in [5.41, 5.74) is 2.31. The number of rotatable bonds is 15. The van der Waals surface area contributed by atoms with Crippen LogP contribution in [0, 0.1) is 0 Å². The second-order valence-electron chi connectivity index (χ2n) is 7.65. The van der Waals surface area contributed by atoms with E-state index in [2.05, 4.69) is 27.8 Å². The van der Waals surface area contributed by atoms with Gasteiger partial charge in [-0.25, -0.2) is 0 Å². The van der Waals surface area contributed by atoms with Gasteiger partial charge in [0.15, 0.2) is 0 Å². The lowest BCUT2D eigenvalue weighted by atomic mass is 10.2. The molecule has 1 aromatic carbocycles. The average molecular weight is 433 g/mol. The first-order valence-corrected chi connectivity index (χ1v) is 10.9. The number of methoxy groups -OCH3 is 2. The van der Waals surface area contributed by atoms with Gasteiger partial charge in [0.25, 0.3) is 0 Å². The van der Waals surface area contributed by atoms with Gasteiger partial charge >= 0.3 is 5.97 Å². The molecule has 1 atom stereocenters. The number of hydrogen-bond donors (Lipinski definition) is 1. The van der Waals surface area contributed by atoms with Crippen LogP contribution < -0.4 is 4.74 Å². The van der Waals surface area contributed by atoms with Crippen molar-refractivity contribution in [3.05, 3.63) is 53.9 Å². The van der Waals surface area contributed by atoms with Crippen molar-refractivity contribution in [2.45, 2.75) is 45.4 Å². The molecular formula is C24H36N2O5. The van der Waals surface area contributed by atoms with Crippen molar-refractivity contribution < 1.29 is 24.1 Å². The fourth-order valence-corrected chi connectivity index (χ4v) is 3.43. The van der Waals surface area contributed by atoms with E-state index in [1.165, 1.54) is 0 Å². The summed E-state index contributed by atoms with van der Waals surface area (Å²) in [5.74, 6) is 0.577. The summed E-state index contributed by atoms with van der Waals surface area (Å²) in [6.45, 7) is 5.22. The standard InChI is InChI=1S/C24H36N2O5/c1-4-8-24(28)31-19-22(27)18-25(12-7-14-29-2)17-21-10-6-13-26(21)16-20-9-5-11-23(15-20)30-3/h5-6,9-11,13,15,22,27H,4,7-8,12,14,16-19H2,1-3H3/t22-/m0/s1. The Bertz CT molecular complexity index is 777. The SMILES string of the molecule is CCCC(=O)OC[C@@H](O)CN(CCCOC)Cc1cccn1Cc1cccc(OC)c1. The summed E-state index contributed by atoms with van der Waals surface area (Å²) >= 11 is 0. The van der Waals surface area contributed by atoms with Crippen LogP contribution in [0.2, 0.25) is 0 Å². The third-order valence-electron chi connectivity index (χ3n) is 4.98. The van der Waals surface area contributed by atoms with Crippen LogP contribution >= 0.6 is 0 Å². The van der Waals surface area contributed by atoms with E-state index in [0.29, 0.717) is 26.1 Å². The predicted octanol–water partition coefficient (Wildman–Crippen LogP) is 3.09. The Balaban J connectivity index is 2.00. The highest BCUT2D eigenvalue weighted by Gasteiger charge is 2.16. The highest BCUT2D eigenvalue weighted by Crippen LogP contribution is 2.16. The maximum absolute atomic E-state index is 11.6. The molecule has 0 aliphatic rings. The number of aliphatic hydroxyl groups excluding tert-OH is 1. The normalized spacial score (nSPS) is 12.2. The van der Waals surface area contributed by atoms with Crippen molar-refractivity contribution in [2.24, 2.45) is 0 Å². The van der Waals surface area contributed by atoms with Crippen LogP contribution in [0.25, 0.3) is 0 Å². The minimum Gasteiger partial charge on any atom is -0.497 e. The number of hydrogen-bond acceptors (Lipinski definition) is 6. The summed E-state index contributed by atoms with van der Waals surface area (Å²) in [5, 5.41) is 10.4. The second-order valence-corrected chi connectivity index (χ2v) is 7.65. The van der Waals surface area contributed by atoms with E-state index in [1.807, 2.05) is 31.2 Å². The summed E-state index contributed by atoms with van der Waals surface area (Å²) in [6.07, 6.45) is 3.30. The number of carbonyl (C=O) groups is 1. The molecule has 7 heteroatoms. The van der Waals surface area contributed by atoms with Gasteiger partial charge in [0.2, 0.25) is 0 Å². The topological polar surface area (TPSA) is 73.2 Å². The van der Waals surface area contributed by atoms with Gasteiger partial charge in [0.05, 0.1) is 7.11 Å². The van der Waals surface area contributed by atoms with Gasteiger partial charge in [-0.3, -0.25) is 9.69 Å². The number of carbonyl (C=O) groups excluding carboxylic acids is 1. The van der Waals surface area contributed by atoms with Crippen molar-refractivity contribution in [2.75, 3.05) is 40.5 Å². The lowest BCUT2D eigenvalue weighted by Crippen LogP contribution is -2.36. The van der Waals surface area contributed by atoms with Crippen LogP contribution in [0.3, 0.4) is 0 Å². The van der Waals surface area contributed by atoms with Gasteiger partial charge in [-0.15, -0.1) is 0 Å². The maximum Gasteiger partial charge on any atom is 0.305 e. The molecule has 0 unspecified atom stereocenters. The molecule has 1 heterocycles. The van der Waals surface area contributed by atoms with Crippen LogP contribution in [0.4, 0.5) is 0 Å². The largest absolute Gasteiger partial charge is 0.497 e. The van der Waals surface area contributed by atoms with Crippen LogP contribution in [0.15, 0.2) is 42.6 Å². The summed E-state index contributed by atoms with van der Waals surface area (Å²) in [4.78, 5) is 13.8. The third-order valence-corrected chi connectivity index (χ3v) is 4.98. The molecule has 0 fully saturated rings. The van der Waals surface area contributed by atoms with Crippen LogP contribution in [-0.2, 0) is 27.4 Å². The molecule has 31 heavy (non-hydrogen) atoms. The van der Waals surface area contributed by atoms with Crippen molar-refractivity contribution in [1.82, 2.24) is 9.47 Å². The molecule has 2 rings (SSSR count). The van der Waals surface area contributed by atoms with Gasteiger partial charge in [0.1, 0.15) is 18.5 Å². The van der Waals surface area contributed by atoms with Gasteiger partial charge in [0, 0.05) is 58.2 Å². The molecule has 2 aromatic rings. The van der Waals surface area contributed by atoms with Crippen molar-refractivity contribution in [3.63, 3.8) is 0 Å². The zero-order chi connectivity index (χ0) is 22.5. The quantitative estimate of drug-likeness (QED) is 0.344. The lowest BCUT2D eigenvalue weighted by Gasteiger charge is -2.25. The zero-order valence-electron chi connectivity index (χ0n) is 19.0. The average Bonchev–Trinajstić information content (AvgIpc) is 3.19. The summed E-state index contributed by atoms with van der Waals surface area (Å²) < 4.78 is 17.9. The van der Waals surface area contributed by atoms with E-state index >= 15 is 0 Å². The number of aromatic nitrogens is 1. The molecule has 0 spiro atoms. The van der Waals surface area contributed by atoms with Crippen molar-refractivity contribution in [3.8, 4) is 5.75 Å². The molecule has 0 aliphatic carbocycles. The van der Waals surface area contributed by atoms with Crippen molar-refractivity contribution in [1.29, 1.82) is 0 Å². The Morgan fingerprint density at radius 1 is 1.23 bits per heavy atom. The van der Waals surface area contributed by atoms with Gasteiger partial charge < -0.3 is 23.9 Å². The minimum absolute atomic E-state index is 0.0183. The molecule has 1 aromatic heterocycles. The molecule has 7 nitrogen and oxygen atoms in total. The Morgan fingerprint density at radius 3 is 2.81 bits per heavy atom. The van der Waals surface area contributed by atoms with E-state index in [-0.39, 0.29) is 12.6 Å². The molecule has 0 aliphatic heterocycles. The van der Waals surface area contributed by atoms with Crippen LogP contribution in [-0.4, -0.2) is 67.2 Å². The first kappa shape index (κ1) is 24.9. The first-order valence-electron chi connectivity index (χ1n) is 10.9. The second kappa shape index (κ2) is 13.9. The van der Waals surface area contributed by atoms with E-state index in [1.54, 1.807) is 14.2 Å². The summed E-state index contributed by atoms with van der Waals surface area (Å²) in [6, 6.07) is 12.2. The molecule has 172 valence electrons. The van der Waals surface area contributed by atoms with E-state index in [0.717, 1.165) is 42.9 Å². The first-order chi connectivity index (χ1) is 15.0. The predicted molar refractivity (Wildman–Crippen MR) is 120 cm³/mol. The van der Waals surface area contributed by atoms with Gasteiger partial charge in [-0.2, -0.15) is 0 Å². The monoisotopic (exact) mass is 432 g/mol. The van der Waals surface area contributed by atoms with Crippen LogP contribution in [0.5, 0.6) is 5.75 Å². The molecule has 0 amide bonds. The number of ether oxygens (including phenoxy) is 3. The summed E-state index contributed by atoms with van der Waals surface area (Å²) in [7, 11) is 3.36. The number of esters is 1. The van der Waals surface area contributed by atoms with E-state index in [4.69, 9.17) is 14.2 Å². The Morgan fingerprint density at radius 2 is 2.06 bits per heavy atom. The highest BCUT2D eigenvalue weighted by atomic mass is 16.5. The Hall–Kier alpha value is -2.35. The maximum atomic E-state index is 11.6. The number of nitrogens with zero attached hydrogens (tertiary/aromatic N) is 2. The third kappa shape index (κ3) is 9.12. The van der Waals surface area contributed by atoms with Crippen molar-refractivity contribution >= 4 is 5.97 Å². The molecule has 0 bridgehead atoms. The molecule has 1 N–H and O–H groups in total. The minimum atomic E-state index is -0.731. The highest BCUT2D eigenvalue weighted by molar-refractivity contribution is 5.69. The molecular weight excluding hydrogens is 396 g/mol. The molecule has 0 saturated heterocycles. The molecule has 0 radical (unpaired) electrons. The van der Waals surface area contributed by atoms with Crippen LogP contribution in [0.1, 0.15) is 37.4 Å². The smallest absolute Gasteiger partial charge is 0.305 e. The fraction of sp³-hybridized carbons (Fsp3) is 0.542. The van der Waals surface area contributed by atoms with Gasteiger partial charge in [-0.05, 0) is 42.7 Å². The lowest BCUT2D eigenvalue weighted by molar-refractivity contribution is -0.147.